The highest BCUT2D eigenvalue weighted by molar-refractivity contribution is 7.91. The van der Waals surface area contributed by atoms with Crippen LogP contribution in [0.4, 0.5) is 0 Å². The molecule has 3 rings (SSSR count). The SMILES string of the molecule is Cn1cc(CCC(=O)N(Cc2ccccc2)C2CCS(=O)(=O)C2)cn1. The molecule has 7 heteroatoms. The molecule has 0 aliphatic carbocycles. The third kappa shape index (κ3) is 4.69. The normalized spacial score (nSPS) is 19.0. The lowest BCUT2D eigenvalue weighted by Crippen LogP contribution is -2.40. The first kappa shape index (κ1) is 17.7. The summed E-state index contributed by atoms with van der Waals surface area (Å²) in [5.41, 5.74) is 2.02. The van der Waals surface area contributed by atoms with Gasteiger partial charge in [0.15, 0.2) is 9.84 Å². The third-order valence-corrected chi connectivity index (χ3v) is 6.30. The van der Waals surface area contributed by atoms with Crippen molar-refractivity contribution in [2.45, 2.75) is 31.8 Å². The molecule has 0 spiro atoms. The quantitative estimate of drug-likeness (QED) is 0.783. The Balaban J connectivity index is 1.71. The first-order valence-corrected chi connectivity index (χ1v) is 10.3. The van der Waals surface area contributed by atoms with Crippen molar-refractivity contribution in [3.63, 3.8) is 0 Å². The summed E-state index contributed by atoms with van der Waals surface area (Å²) in [6, 6.07) is 9.48. The summed E-state index contributed by atoms with van der Waals surface area (Å²) in [4.78, 5) is 14.6. The van der Waals surface area contributed by atoms with E-state index in [1.54, 1.807) is 15.8 Å². The summed E-state index contributed by atoms with van der Waals surface area (Å²) in [7, 11) is -1.19. The highest BCUT2D eigenvalue weighted by Crippen LogP contribution is 2.21. The smallest absolute Gasteiger partial charge is 0.223 e. The molecule has 0 radical (unpaired) electrons. The van der Waals surface area contributed by atoms with Gasteiger partial charge in [-0.25, -0.2) is 8.42 Å². The number of aryl methyl sites for hydroxylation is 2. The van der Waals surface area contributed by atoms with Gasteiger partial charge in [0, 0.05) is 32.3 Å². The van der Waals surface area contributed by atoms with Crippen LogP contribution in [-0.2, 0) is 34.6 Å². The lowest BCUT2D eigenvalue weighted by atomic mass is 10.1. The number of hydrogen-bond donors (Lipinski definition) is 0. The molecule has 1 amide bonds. The van der Waals surface area contributed by atoms with Crippen LogP contribution in [0.3, 0.4) is 0 Å². The molecule has 25 heavy (non-hydrogen) atoms. The van der Waals surface area contributed by atoms with Crippen molar-refractivity contribution < 1.29 is 13.2 Å². The van der Waals surface area contributed by atoms with Gasteiger partial charge in [0.2, 0.25) is 5.91 Å². The van der Waals surface area contributed by atoms with E-state index in [2.05, 4.69) is 5.10 Å². The Morgan fingerprint density at radius 2 is 2.04 bits per heavy atom. The Bertz CT molecular complexity index is 830. The molecule has 0 N–H and O–H groups in total. The third-order valence-electron chi connectivity index (χ3n) is 4.55. The molecule has 1 aromatic heterocycles. The number of nitrogens with zero attached hydrogens (tertiary/aromatic N) is 3. The second-order valence-electron chi connectivity index (χ2n) is 6.59. The van der Waals surface area contributed by atoms with Gasteiger partial charge in [-0.15, -0.1) is 0 Å². The zero-order chi connectivity index (χ0) is 17.9. The second kappa shape index (κ2) is 7.39. The minimum atomic E-state index is -3.04. The fourth-order valence-corrected chi connectivity index (χ4v) is 4.95. The second-order valence-corrected chi connectivity index (χ2v) is 8.82. The van der Waals surface area contributed by atoms with E-state index in [1.807, 2.05) is 43.6 Å². The summed E-state index contributed by atoms with van der Waals surface area (Å²) in [5, 5.41) is 4.12. The van der Waals surface area contributed by atoms with E-state index in [0.29, 0.717) is 25.8 Å². The van der Waals surface area contributed by atoms with E-state index in [1.165, 1.54) is 0 Å². The Hall–Kier alpha value is -2.15. The molecule has 2 aromatic rings. The largest absolute Gasteiger partial charge is 0.334 e. The van der Waals surface area contributed by atoms with E-state index in [4.69, 9.17) is 0 Å². The topological polar surface area (TPSA) is 72.3 Å². The van der Waals surface area contributed by atoms with E-state index in [9.17, 15) is 13.2 Å². The molecular formula is C18H23N3O3S. The predicted molar refractivity (Wildman–Crippen MR) is 95.6 cm³/mol. The minimum absolute atomic E-state index is 0.00481. The molecule has 6 nitrogen and oxygen atoms in total. The van der Waals surface area contributed by atoms with Gasteiger partial charge in [-0.3, -0.25) is 9.48 Å². The van der Waals surface area contributed by atoms with Gasteiger partial charge >= 0.3 is 0 Å². The van der Waals surface area contributed by atoms with Crippen LogP contribution in [0.5, 0.6) is 0 Å². The molecule has 1 aromatic carbocycles. The van der Waals surface area contributed by atoms with Gasteiger partial charge in [-0.05, 0) is 24.0 Å². The Morgan fingerprint density at radius 1 is 1.28 bits per heavy atom. The van der Waals surface area contributed by atoms with Crippen LogP contribution >= 0.6 is 0 Å². The fourth-order valence-electron chi connectivity index (χ4n) is 3.22. The standard InChI is InChI=1S/C18H23N3O3S/c1-20-12-16(11-19-20)7-8-18(22)21(13-15-5-3-2-4-6-15)17-9-10-25(23,24)14-17/h2-6,11-12,17H,7-10,13-14H2,1H3. The van der Waals surface area contributed by atoms with Crippen LogP contribution in [0.25, 0.3) is 0 Å². The van der Waals surface area contributed by atoms with Crippen LogP contribution < -0.4 is 0 Å². The van der Waals surface area contributed by atoms with Crippen LogP contribution in [0.2, 0.25) is 0 Å². The van der Waals surface area contributed by atoms with E-state index in [0.717, 1.165) is 11.1 Å². The molecule has 2 heterocycles. The van der Waals surface area contributed by atoms with Crippen molar-refractivity contribution in [2.75, 3.05) is 11.5 Å². The Labute approximate surface area is 148 Å². The molecule has 1 atom stereocenters. The first-order valence-electron chi connectivity index (χ1n) is 8.44. The molecule has 1 aliphatic heterocycles. The van der Waals surface area contributed by atoms with Crippen molar-refractivity contribution >= 4 is 15.7 Å². The Kier molecular flexibility index (Phi) is 5.22. The fraction of sp³-hybridized carbons (Fsp3) is 0.444. The maximum Gasteiger partial charge on any atom is 0.223 e. The number of sulfone groups is 1. The number of amides is 1. The molecular weight excluding hydrogens is 338 g/mol. The van der Waals surface area contributed by atoms with E-state index < -0.39 is 9.84 Å². The average molecular weight is 361 g/mol. The van der Waals surface area contributed by atoms with Crippen molar-refractivity contribution in [1.82, 2.24) is 14.7 Å². The van der Waals surface area contributed by atoms with Gasteiger partial charge in [0.1, 0.15) is 0 Å². The Morgan fingerprint density at radius 3 is 2.64 bits per heavy atom. The summed E-state index contributed by atoms with van der Waals surface area (Å²) in [6.45, 7) is 0.451. The molecule has 1 aliphatic rings. The maximum absolute atomic E-state index is 12.8. The van der Waals surface area contributed by atoms with Gasteiger partial charge < -0.3 is 4.90 Å². The first-order chi connectivity index (χ1) is 11.9. The number of rotatable bonds is 6. The van der Waals surface area contributed by atoms with Crippen molar-refractivity contribution in [3.05, 3.63) is 53.9 Å². The minimum Gasteiger partial charge on any atom is -0.334 e. The van der Waals surface area contributed by atoms with E-state index in [-0.39, 0.29) is 23.5 Å². The van der Waals surface area contributed by atoms with Crippen LogP contribution in [0.15, 0.2) is 42.7 Å². The summed E-state index contributed by atoms with van der Waals surface area (Å²) in [6.07, 6.45) is 5.14. The molecule has 0 saturated carbocycles. The van der Waals surface area contributed by atoms with E-state index >= 15 is 0 Å². The average Bonchev–Trinajstić information content (AvgIpc) is 3.16. The van der Waals surface area contributed by atoms with Gasteiger partial charge in [0.25, 0.3) is 0 Å². The van der Waals surface area contributed by atoms with Crippen molar-refractivity contribution in [1.29, 1.82) is 0 Å². The van der Waals surface area contributed by atoms with Crippen LogP contribution in [0.1, 0.15) is 24.0 Å². The van der Waals surface area contributed by atoms with Gasteiger partial charge in [0.05, 0.1) is 17.7 Å². The highest BCUT2D eigenvalue weighted by Gasteiger charge is 2.34. The molecule has 134 valence electrons. The van der Waals surface area contributed by atoms with Crippen molar-refractivity contribution in [3.8, 4) is 0 Å². The van der Waals surface area contributed by atoms with Crippen molar-refractivity contribution in [2.24, 2.45) is 7.05 Å². The predicted octanol–water partition coefficient (Wildman–Crippen LogP) is 1.57. The molecule has 1 unspecified atom stereocenters. The summed E-state index contributed by atoms with van der Waals surface area (Å²) >= 11 is 0. The lowest BCUT2D eigenvalue weighted by molar-refractivity contribution is -0.133. The molecule has 0 bridgehead atoms. The van der Waals surface area contributed by atoms with Gasteiger partial charge in [-0.1, -0.05) is 30.3 Å². The number of benzene rings is 1. The van der Waals surface area contributed by atoms with Crippen LogP contribution in [-0.4, -0.2) is 46.6 Å². The maximum atomic E-state index is 12.8. The number of carbonyl (C=O) groups excluding carboxylic acids is 1. The summed E-state index contributed by atoms with van der Waals surface area (Å²) < 4.78 is 25.4. The lowest BCUT2D eigenvalue weighted by Gasteiger charge is -2.28. The monoisotopic (exact) mass is 361 g/mol. The molecule has 1 saturated heterocycles. The number of hydrogen-bond acceptors (Lipinski definition) is 4. The van der Waals surface area contributed by atoms with Gasteiger partial charge in [-0.2, -0.15) is 5.10 Å². The highest BCUT2D eigenvalue weighted by atomic mass is 32.2. The number of aromatic nitrogens is 2. The number of carbonyl (C=O) groups is 1. The zero-order valence-electron chi connectivity index (χ0n) is 14.3. The van der Waals surface area contributed by atoms with Crippen LogP contribution in [0, 0.1) is 0 Å². The molecule has 1 fully saturated rings. The zero-order valence-corrected chi connectivity index (χ0v) is 15.2. The summed E-state index contributed by atoms with van der Waals surface area (Å²) in [5.74, 6) is 0.229.